The zero-order valence-corrected chi connectivity index (χ0v) is 9.09. The second-order valence-corrected chi connectivity index (χ2v) is 3.97. The van der Waals surface area contributed by atoms with E-state index in [0.29, 0.717) is 17.9 Å². The number of nitrogen functional groups attached to an aromatic ring is 1. The van der Waals surface area contributed by atoms with E-state index in [2.05, 4.69) is 13.0 Å². The van der Waals surface area contributed by atoms with Gasteiger partial charge < -0.3 is 10.5 Å². The molecular formula is C12H15NO2. The smallest absolute Gasteiger partial charge is 0.315 e. The van der Waals surface area contributed by atoms with E-state index < -0.39 is 0 Å². The van der Waals surface area contributed by atoms with Crippen LogP contribution in [0, 0.1) is 6.92 Å². The Morgan fingerprint density at radius 2 is 2.27 bits per heavy atom. The van der Waals surface area contributed by atoms with Crippen molar-refractivity contribution in [2.45, 2.75) is 33.1 Å². The predicted octanol–water partition coefficient (Wildman–Crippen LogP) is 1.99. The van der Waals surface area contributed by atoms with Crippen LogP contribution in [0.2, 0.25) is 0 Å². The lowest BCUT2D eigenvalue weighted by molar-refractivity contribution is -0.131. The van der Waals surface area contributed by atoms with E-state index >= 15 is 0 Å². The molecule has 0 fully saturated rings. The van der Waals surface area contributed by atoms with Crippen LogP contribution < -0.4 is 10.5 Å². The molecule has 3 nitrogen and oxygen atoms in total. The molecule has 0 spiro atoms. The monoisotopic (exact) mass is 205 g/mol. The standard InChI is InChI=1S/C12H15NO2/c1-3-4-8-5-7(2)9-6-10(14)15-12(9)11(8)13/h5H,3-4,6,13H2,1-2H3. The van der Waals surface area contributed by atoms with Crippen LogP contribution in [0.4, 0.5) is 5.69 Å². The molecule has 1 aliphatic rings. The van der Waals surface area contributed by atoms with Gasteiger partial charge in [0.2, 0.25) is 0 Å². The highest BCUT2D eigenvalue weighted by atomic mass is 16.5. The highest BCUT2D eigenvalue weighted by molar-refractivity contribution is 5.86. The van der Waals surface area contributed by atoms with Crippen molar-refractivity contribution in [2.75, 3.05) is 5.73 Å². The van der Waals surface area contributed by atoms with E-state index in [4.69, 9.17) is 10.5 Å². The Kier molecular flexibility index (Phi) is 2.39. The summed E-state index contributed by atoms with van der Waals surface area (Å²) in [7, 11) is 0. The Bertz CT molecular complexity index is 424. The van der Waals surface area contributed by atoms with Gasteiger partial charge in [-0.05, 0) is 24.5 Å². The Morgan fingerprint density at radius 3 is 2.93 bits per heavy atom. The van der Waals surface area contributed by atoms with Crippen LogP contribution in [0.1, 0.15) is 30.0 Å². The van der Waals surface area contributed by atoms with Gasteiger partial charge >= 0.3 is 5.97 Å². The molecule has 0 aliphatic carbocycles. The fourth-order valence-electron chi connectivity index (χ4n) is 2.02. The van der Waals surface area contributed by atoms with Gasteiger partial charge in [0.1, 0.15) is 0 Å². The highest BCUT2D eigenvalue weighted by Gasteiger charge is 2.26. The lowest BCUT2D eigenvalue weighted by Crippen LogP contribution is -2.02. The second-order valence-electron chi connectivity index (χ2n) is 3.97. The first-order valence-corrected chi connectivity index (χ1v) is 5.25. The van der Waals surface area contributed by atoms with Crippen molar-refractivity contribution >= 4 is 11.7 Å². The molecule has 1 aromatic rings. The third-order valence-electron chi connectivity index (χ3n) is 2.79. The molecule has 2 N–H and O–H groups in total. The summed E-state index contributed by atoms with van der Waals surface area (Å²) in [6.45, 7) is 4.10. The van der Waals surface area contributed by atoms with Crippen molar-refractivity contribution in [3.8, 4) is 5.75 Å². The Hall–Kier alpha value is -1.51. The predicted molar refractivity (Wildman–Crippen MR) is 58.9 cm³/mol. The van der Waals surface area contributed by atoms with Crippen molar-refractivity contribution in [3.63, 3.8) is 0 Å². The minimum Gasteiger partial charge on any atom is -0.424 e. The summed E-state index contributed by atoms with van der Waals surface area (Å²) in [5.74, 6) is 0.400. The number of rotatable bonds is 2. The number of carbonyl (C=O) groups is 1. The molecule has 1 aliphatic heterocycles. The maximum absolute atomic E-state index is 11.2. The first-order chi connectivity index (χ1) is 7.13. The number of hydrogen-bond donors (Lipinski definition) is 1. The number of nitrogens with two attached hydrogens (primary N) is 1. The lowest BCUT2D eigenvalue weighted by atomic mass is 9.98. The average Bonchev–Trinajstić information content (AvgIpc) is 2.57. The quantitative estimate of drug-likeness (QED) is 0.456. The molecule has 0 amide bonds. The van der Waals surface area contributed by atoms with Gasteiger partial charge in [0.25, 0.3) is 0 Å². The van der Waals surface area contributed by atoms with E-state index in [-0.39, 0.29) is 5.97 Å². The number of benzene rings is 1. The van der Waals surface area contributed by atoms with Gasteiger partial charge in [-0.1, -0.05) is 19.4 Å². The van der Waals surface area contributed by atoms with E-state index in [9.17, 15) is 4.79 Å². The largest absolute Gasteiger partial charge is 0.424 e. The summed E-state index contributed by atoms with van der Waals surface area (Å²) >= 11 is 0. The lowest BCUT2D eigenvalue weighted by Gasteiger charge is -2.10. The van der Waals surface area contributed by atoms with E-state index in [1.807, 2.05) is 6.92 Å². The van der Waals surface area contributed by atoms with Gasteiger partial charge in [0.05, 0.1) is 12.1 Å². The summed E-state index contributed by atoms with van der Waals surface area (Å²) in [6.07, 6.45) is 2.33. The Labute approximate surface area is 89.2 Å². The Balaban J connectivity index is 2.53. The molecule has 1 heterocycles. The molecule has 15 heavy (non-hydrogen) atoms. The van der Waals surface area contributed by atoms with Crippen LogP contribution in [-0.2, 0) is 17.6 Å². The van der Waals surface area contributed by atoms with Gasteiger partial charge in [-0.2, -0.15) is 0 Å². The molecule has 0 unspecified atom stereocenters. The van der Waals surface area contributed by atoms with Gasteiger partial charge in [-0.15, -0.1) is 0 Å². The number of carbonyl (C=O) groups excluding carboxylic acids is 1. The van der Waals surface area contributed by atoms with Crippen LogP contribution in [0.25, 0.3) is 0 Å². The van der Waals surface area contributed by atoms with E-state index in [1.54, 1.807) is 0 Å². The molecule has 1 aromatic carbocycles. The molecule has 0 aromatic heterocycles. The fraction of sp³-hybridized carbons (Fsp3) is 0.417. The van der Waals surface area contributed by atoms with Gasteiger partial charge in [-0.3, -0.25) is 4.79 Å². The fourth-order valence-corrected chi connectivity index (χ4v) is 2.02. The normalized spacial score (nSPS) is 13.9. The minimum atomic E-state index is -0.201. The first-order valence-electron chi connectivity index (χ1n) is 5.25. The number of fused-ring (bicyclic) bond motifs is 1. The third-order valence-corrected chi connectivity index (χ3v) is 2.79. The summed E-state index contributed by atoms with van der Waals surface area (Å²) in [5, 5.41) is 0. The van der Waals surface area contributed by atoms with E-state index in [1.165, 1.54) is 0 Å². The summed E-state index contributed by atoms with van der Waals surface area (Å²) in [6, 6.07) is 2.07. The summed E-state index contributed by atoms with van der Waals surface area (Å²) in [5.41, 5.74) is 9.76. The van der Waals surface area contributed by atoms with Gasteiger partial charge in [0.15, 0.2) is 5.75 Å². The zero-order valence-electron chi connectivity index (χ0n) is 9.09. The first kappa shape index (κ1) is 10.0. The molecule has 0 bridgehead atoms. The van der Waals surface area contributed by atoms with E-state index in [0.717, 1.165) is 29.5 Å². The second kappa shape index (κ2) is 3.57. The summed E-state index contributed by atoms with van der Waals surface area (Å²) < 4.78 is 5.14. The van der Waals surface area contributed by atoms with Crippen molar-refractivity contribution in [1.29, 1.82) is 0 Å². The van der Waals surface area contributed by atoms with Crippen LogP contribution in [-0.4, -0.2) is 5.97 Å². The highest BCUT2D eigenvalue weighted by Crippen LogP contribution is 2.37. The molecule has 80 valence electrons. The molecule has 0 atom stereocenters. The maximum Gasteiger partial charge on any atom is 0.315 e. The molecule has 0 saturated carbocycles. The average molecular weight is 205 g/mol. The number of anilines is 1. The maximum atomic E-state index is 11.2. The number of ether oxygens (including phenoxy) is 1. The molecule has 2 rings (SSSR count). The zero-order chi connectivity index (χ0) is 11.0. The topological polar surface area (TPSA) is 52.3 Å². The molecular weight excluding hydrogens is 190 g/mol. The Morgan fingerprint density at radius 1 is 1.53 bits per heavy atom. The molecule has 3 heteroatoms. The SMILES string of the molecule is CCCc1cc(C)c2c(c1N)OC(=O)C2. The number of hydrogen-bond acceptors (Lipinski definition) is 3. The van der Waals surface area contributed by atoms with Crippen LogP contribution in [0.15, 0.2) is 6.07 Å². The number of aryl methyl sites for hydroxylation is 2. The van der Waals surface area contributed by atoms with Crippen molar-refractivity contribution in [2.24, 2.45) is 0 Å². The third kappa shape index (κ3) is 1.58. The van der Waals surface area contributed by atoms with Crippen molar-refractivity contribution < 1.29 is 9.53 Å². The number of esters is 1. The minimum absolute atomic E-state index is 0.201. The van der Waals surface area contributed by atoms with Crippen LogP contribution in [0.3, 0.4) is 0 Å². The molecule has 0 saturated heterocycles. The van der Waals surface area contributed by atoms with Gasteiger partial charge in [0, 0.05) is 5.56 Å². The van der Waals surface area contributed by atoms with Crippen molar-refractivity contribution in [1.82, 2.24) is 0 Å². The molecule has 0 radical (unpaired) electrons. The summed E-state index contributed by atoms with van der Waals surface area (Å²) in [4.78, 5) is 11.2. The van der Waals surface area contributed by atoms with Crippen molar-refractivity contribution in [3.05, 3.63) is 22.8 Å². The van der Waals surface area contributed by atoms with Crippen LogP contribution in [0.5, 0.6) is 5.75 Å². The van der Waals surface area contributed by atoms with Crippen LogP contribution >= 0.6 is 0 Å². The van der Waals surface area contributed by atoms with Gasteiger partial charge in [-0.25, -0.2) is 0 Å².